The molecule has 1 aliphatic rings. The molecule has 11 heavy (non-hydrogen) atoms. The number of alkyl halides is 2. The zero-order valence-electron chi connectivity index (χ0n) is 6.24. The highest BCUT2D eigenvalue weighted by Crippen LogP contribution is 2.53. The Hall–Kier alpha value is -0.620. The van der Waals surface area contributed by atoms with Crippen molar-refractivity contribution in [1.29, 1.82) is 0 Å². The van der Waals surface area contributed by atoms with Crippen molar-refractivity contribution in [2.45, 2.75) is 25.2 Å². The molecule has 0 amide bonds. The molecule has 0 aromatic rings. The highest BCUT2D eigenvalue weighted by molar-refractivity contribution is 5.05. The highest BCUT2D eigenvalue weighted by atomic mass is 19.3. The summed E-state index contributed by atoms with van der Waals surface area (Å²) in [7, 11) is 0. The predicted molar refractivity (Wildman–Crippen MR) is 39.1 cm³/mol. The maximum atomic E-state index is 12.4. The predicted octanol–water partition coefficient (Wildman–Crippen LogP) is 1.38. The van der Waals surface area contributed by atoms with Crippen LogP contribution in [0, 0.1) is 17.8 Å². The van der Waals surface area contributed by atoms with Crippen LogP contribution in [0.15, 0.2) is 0 Å². The molecule has 0 aromatic carbocycles. The van der Waals surface area contributed by atoms with E-state index in [2.05, 4.69) is 5.92 Å². The lowest BCUT2D eigenvalue weighted by molar-refractivity contribution is -0.155. The Labute approximate surface area is 65.0 Å². The van der Waals surface area contributed by atoms with E-state index in [4.69, 9.17) is 12.2 Å². The molecule has 62 valence electrons. The van der Waals surface area contributed by atoms with E-state index in [0.717, 1.165) is 0 Å². The Morgan fingerprint density at radius 3 is 2.27 bits per heavy atom. The summed E-state index contributed by atoms with van der Waals surface area (Å²) < 4.78 is 24.8. The van der Waals surface area contributed by atoms with Gasteiger partial charge in [-0.2, -0.15) is 0 Å². The van der Waals surface area contributed by atoms with E-state index in [1.807, 2.05) is 0 Å². The third kappa shape index (κ3) is 1.51. The molecular weight excluding hydrogens is 148 g/mol. The van der Waals surface area contributed by atoms with Gasteiger partial charge in [0.25, 0.3) is 0 Å². The number of hydrogen-bond acceptors (Lipinski definition) is 1. The monoisotopic (exact) mass is 159 g/mol. The van der Waals surface area contributed by atoms with Crippen molar-refractivity contribution in [3.05, 3.63) is 0 Å². The molecule has 0 radical (unpaired) electrons. The molecule has 2 N–H and O–H groups in total. The second-order valence-corrected chi connectivity index (χ2v) is 3.29. The number of halogens is 2. The quantitative estimate of drug-likeness (QED) is 0.605. The summed E-state index contributed by atoms with van der Waals surface area (Å²) in [6.45, 7) is 0.271. The third-order valence-corrected chi connectivity index (χ3v) is 2.18. The average Bonchev–Trinajstić information content (AvgIpc) is 1.84. The minimum Gasteiger partial charge on any atom is -0.330 e. The smallest absolute Gasteiger partial charge is 0.249 e. The molecule has 1 nitrogen and oxygen atoms in total. The standard InChI is InChI=1S/C8H11F2N/c1-2-3-7(6-11)4-8(9,10)5-7/h1H,3-6,11H2. The van der Waals surface area contributed by atoms with Crippen molar-refractivity contribution in [3.8, 4) is 12.3 Å². The summed E-state index contributed by atoms with van der Waals surface area (Å²) >= 11 is 0. The van der Waals surface area contributed by atoms with Crippen molar-refractivity contribution in [1.82, 2.24) is 0 Å². The van der Waals surface area contributed by atoms with E-state index in [-0.39, 0.29) is 19.4 Å². The first-order valence-electron chi connectivity index (χ1n) is 3.55. The lowest BCUT2D eigenvalue weighted by atomic mass is 9.64. The molecule has 0 aliphatic heterocycles. The Kier molecular flexibility index (Phi) is 1.89. The van der Waals surface area contributed by atoms with Crippen LogP contribution in [-0.4, -0.2) is 12.5 Å². The highest BCUT2D eigenvalue weighted by Gasteiger charge is 2.54. The third-order valence-electron chi connectivity index (χ3n) is 2.18. The molecule has 0 unspecified atom stereocenters. The van der Waals surface area contributed by atoms with E-state index in [0.29, 0.717) is 6.42 Å². The van der Waals surface area contributed by atoms with Gasteiger partial charge in [0.1, 0.15) is 0 Å². The van der Waals surface area contributed by atoms with Gasteiger partial charge in [0.2, 0.25) is 5.92 Å². The van der Waals surface area contributed by atoms with Gasteiger partial charge in [0.15, 0.2) is 0 Å². The van der Waals surface area contributed by atoms with E-state index in [1.54, 1.807) is 0 Å². The van der Waals surface area contributed by atoms with Crippen molar-refractivity contribution >= 4 is 0 Å². The summed E-state index contributed by atoms with van der Waals surface area (Å²) in [5.74, 6) is -0.132. The van der Waals surface area contributed by atoms with Gasteiger partial charge < -0.3 is 5.73 Å². The van der Waals surface area contributed by atoms with Crippen LogP contribution in [0.5, 0.6) is 0 Å². The fourth-order valence-corrected chi connectivity index (χ4v) is 1.60. The van der Waals surface area contributed by atoms with Crippen LogP contribution < -0.4 is 5.73 Å². The first-order chi connectivity index (χ1) is 5.04. The molecule has 0 atom stereocenters. The van der Waals surface area contributed by atoms with Gasteiger partial charge in [-0.3, -0.25) is 0 Å². The molecule has 0 spiro atoms. The molecule has 1 saturated carbocycles. The zero-order valence-corrected chi connectivity index (χ0v) is 6.24. The van der Waals surface area contributed by atoms with Crippen LogP contribution in [0.1, 0.15) is 19.3 Å². The van der Waals surface area contributed by atoms with E-state index in [1.165, 1.54) is 0 Å². The number of rotatable bonds is 2. The van der Waals surface area contributed by atoms with Gasteiger partial charge in [-0.1, -0.05) is 0 Å². The van der Waals surface area contributed by atoms with Gasteiger partial charge in [-0.25, -0.2) is 8.78 Å². The van der Waals surface area contributed by atoms with E-state index >= 15 is 0 Å². The van der Waals surface area contributed by atoms with Gasteiger partial charge in [0, 0.05) is 24.7 Å². The van der Waals surface area contributed by atoms with Crippen LogP contribution in [-0.2, 0) is 0 Å². The Morgan fingerprint density at radius 1 is 1.45 bits per heavy atom. The number of hydrogen-bond donors (Lipinski definition) is 1. The second kappa shape index (κ2) is 2.46. The van der Waals surface area contributed by atoms with Gasteiger partial charge in [-0.15, -0.1) is 12.3 Å². The van der Waals surface area contributed by atoms with Crippen LogP contribution in [0.3, 0.4) is 0 Å². The van der Waals surface area contributed by atoms with E-state index < -0.39 is 11.3 Å². The summed E-state index contributed by atoms with van der Waals surface area (Å²) in [5, 5.41) is 0. The zero-order chi connectivity index (χ0) is 8.54. The molecular formula is C8H11F2N. The topological polar surface area (TPSA) is 26.0 Å². The Morgan fingerprint density at radius 2 is 2.00 bits per heavy atom. The van der Waals surface area contributed by atoms with Gasteiger partial charge in [-0.05, 0) is 6.54 Å². The summed E-state index contributed by atoms with van der Waals surface area (Å²) in [6.07, 6.45) is 5.14. The number of nitrogens with two attached hydrogens (primary N) is 1. The molecule has 1 fully saturated rings. The summed E-state index contributed by atoms with van der Waals surface area (Å²) in [4.78, 5) is 0. The average molecular weight is 159 g/mol. The number of terminal acetylenes is 1. The molecule has 3 heteroatoms. The first kappa shape index (κ1) is 8.48. The van der Waals surface area contributed by atoms with Crippen molar-refractivity contribution in [3.63, 3.8) is 0 Å². The molecule has 0 aromatic heterocycles. The van der Waals surface area contributed by atoms with Gasteiger partial charge in [0.05, 0.1) is 0 Å². The first-order valence-corrected chi connectivity index (χ1v) is 3.55. The minimum atomic E-state index is -2.52. The maximum Gasteiger partial charge on any atom is 0.249 e. The fourth-order valence-electron chi connectivity index (χ4n) is 1.60. The lowest BCUT2D eigenvalue weighted by Crippen LogP contribution is -2.50. The van der Waals surface area contributed by atoms with Gasteiger partial charge >= 0.3 is 0 Å². The summed E-state index contributed by atoms with van der Waals surface area (Å²) in [5.41, 5.74) is 4.89. The molecule has 0 bridgehead atoms. The van der Waals surface area contributed by atoms with E-state index in [9.17, 15) is 8.78 Å². The SMILES string of the molecule is C#CCC1(CN)CC(F)(F)C1. The molecule has 1 rings (SSSR count). The van der Waals surface area contributed by atoms with Crippen LogP contribution in [0.2, 0.25) is 0 Å². The molecule has 0 heterocycles. The van der Waals surface area contributed by atoms with Crippen molar-refractivity contribution < 1.29 is 8.78 Å². The van der Waals surface area contributed by atoms with Crippen LogP contribution in [0.4, 0.5) is 8.78 Å². The Balaban J connectivity index is 2.51. The minimum absolute atomic E-state index is 0.138. The molecule has 1 aliphatic carbocycles. The summed E-state index contributed by atoms with van der Waals surface area (Å²) in [6, 6.07) is 0. The maximum absolute atomic E-state index is 12.4. The second-order valence-electron chi connectivity index (χ2n) is 3.29. The van der Waals surface area contributed by atoms with Crippen molar-refractivity contribution in [2.24, 2.45) is 11.1 Å². The van der Waals surface area contributed by atoms with Crippen molar-refractivity contribution in [2.75, 3.05) is 6.54 Å². The largest absolute Gasteiger partial charge is 0.330 e. The fraction of sp³-hybridized carbons (Fsp3) is 0.750. The van der Waals surface area contributed by atoms with Crippen LogP contribution >= 0.6 is 0 Å². The lowest BCUT2D eigenvalue weighted by Gasteiger charge is -2.45. The normalized spacial score (nSPS) is 25.3. The van der Waals surface area contributed by atoms with Crippen LogP contribution in [0.25, 0.3) is 0 Å². The molecule has 0 saturated heterocycles. The Bertz CT molecular complexity index is 185.